The molecule has 0 aliphatic heterocycles. The first kappa shape index (κ1) is 15.9. The Bertz CT molecular complexity index is 444. The van der Waals surface area contributed by atoms with Crippen LogP contribution in [-0.4, -0.2) is 31.7 Å². The predicted molar refractivity (Wildman–Crippen MR) is 72.8 cm³/mol. The van der Waals surface area contributed by atoms with Crippen LogP contribution in [0, 0.1) is 5.82 Å². The third kappa shape index (κ3) is 4.16. The van der Waals surface area contributed by atoms with Gasteiger partial charge in [0.2, 0.25) is 5.91 Å². The van der Waals surface area contributed by atoms with Crippen LogP contribution < -0.4 is 11.1 Å². The van der Waals surface area contributed by atoms with Gasteiger partial charge in [-0.15, -0.1) is 12.4 Å². The first-order valence-electron chi connectivity index (χ1n) is 5.92. The molecule has 3 unspecified atom stereocenters. The van der Waals surface area contributed by atoms with E-state index in [2.05, 4.69) is 5.32 Å². The Labute approximate surface area is 117 Å². The number of hydrogen-bond donors (Lipinski definition) is 2. The molecular formula is C13H18ClFN2O2. The molecule has 1 fully saturated rings. The third-order valence-electron chi connectivity index (χ3n) is 3.08. The standard InChI is InChI=1S/C13H17FN2O2.ClH/c1-18-7-11(15)13(17)16-12-6-10(12)8-3-2-4-9(14)5-8;/h2-5,10-12H,6-7,15H2,1H3,(H,16,17);1H. The quantitative estimate of drug-likeness (QED) is 0.855. The summed E-state index contributed by atoms with van der Waals surface area (Å²) in [7, 11) is 1.50. The van der Waals surface area contributed by atoms with Crippen LogP contribution in [0.3, 0.4) is 0 Å². The van der Waals surface area contributed by atoms with E-state index in [0.717, 1.165) is 12.0 Å². The SMILES string of the molecule is COCC(N)C(=O)NC1CC1c1cccc(F)c1.Cl. The van der Waals surface area contributed by atoms with Crippen molar-refractivity contribution >= 4 is 18.3 Å². The number of carbonyl (C=O) groups is 1. The van der Waals surface area contributed by atoms with Crippen LogP contribution in [0.25, 0.3) is 0 Å². The molecule has 3 atom stereocenters. The number of methoxy groups -OCH3 is 1. The Kier molecular flexibility index (Phi) is 5.72. The fourth-order valence-corrected chi connectivity index (χ4v) is 2.01. The summed E-state index contributed by atoms with van der Waals surface area (Å²) >= 11 is 0. The van der Waals surface area contributed by atoms with E-state index in [1.807, 2.05) is 6.07 Å². The van der Waals surface area contributed by atoms with Gasteiger partial charge < -0.3 is 15.8 Å². The molecule has 1 aliphatic rings. The number of benzene rings is 1. The zero-order valence-corrected chi connectivity index (χ0v) is 11.5. The summed E-state index contributed by atoms with van der Waals surface area (Å²) in [6.07, 6.45) is 0.828. The summed E-state index contributed by atoms with van der Waals surface area (Å²) in [5.41, 5.74) is 6.53. The molecule has 6 heteroatoms. The first-order chi connectivity index (χ1) is 8.61. The van der Waals surface area contributed by atoms with Crippen LogP contribution in [0.15, 0.2) is 24.3 Å². The minimum atomic E-state index is -0.649. The Morgan fingerprint density at radius 2 is 2.37 bits per heavy atom. The van der Waals surface area contributed by atoms with E-state index in [9.17, 15) is 9.18 Å². The van der Waals surface area contributed by atoms with Gasteiger partial charge >= 0.3 is 0 Å². The molecular weight excluding hydrogens is 271 g/mol. The molecule has 1 amide bonds. The van der Waals surface area contributed by atoms with E-state index in [1.165, 1.54) is 19.2 Å². The molecule has 106 valence electrons. The van der Waals surface area contributed by atoms with Crippen molar-refractivity contribution in [1.29, 1.82) is 0 Å². The molecule has 1 saturated carbocycles. The monoisotopic (exact) mass is 288 g/mol. The summed E-state index contributed by atoms with van der Waals surface area (Å²) in [5, 5.41) is 2.84. The molecule has 19 heavy (non-hydrogen) atoms. The zero-order chi connectivity index (χ0) is 13.1. The number of carbonyl (C=O) groups excluding carboxylic acids is 1. The van der Waals surface area contributed by atoms with Crippen LogP contribution in [0.2, 0.25) is 0 Å². The van der Waals surface area contributed by atoms with Gasteiger partial charge in [-0.2, -0.15) is 0 Å². The summed E-state index contributed by atoms with van der Waals surface area (Å²) in [6.45, 7) is 0.198. The highest BCUT2D eigenvalue weighted by atomic mass is 35.5. The van der Waals surface area contributed by atoms with Gasteiger partial charge in [-0.3, -0.25) is 4.79 Å². The highest BCUT2D eigenvalue weighted by Gasteiger charge is 2.40. The lowest BCUT2D eigenvalue weighted by Gasteiger charge is -2.11. The van der Waals surface area contributed by atoms with Crippen molar-refractivity contribution in [2.24, 2.45) is 5.73 Å². The minimum absolute atomic E-state index is 0. The lowest BCUT2D eigenvalue weighted by Crippen LogP contribution is -2.44. The maximum Gasteiger partial charge on any atom is 0.239 e. The van der Waals surface area contributed by atoms with Crippen molar-refractivity contribution in [3.05, 3.63) is 35.6 Å². The van der Waals surface area contributed by atoms with Crippen LogP contribution in [-0.2, 0) is 9.53 Å². The normalized spacial score (nSPS) is 22.3. The van der Waals surface area contributed by atoms with Crippen LogP contribution in [0.1, 0.15) is 17.9 Å². The Hall–Kier alpha value is -1.17. The number of ether oxygens (including phenoxy) is 1. The van der Waals surface area contributed by atoms with E-state index in [1.54, 1.807) is 6.07 Å². The van der Waals surface area contributed by atoms with E-state index < -0.39 is 6.04 Å². The summed E-state index contributed by atoms with van der Waals surface area (Å²) in [6, 6.07) is 5.87. The molecule has 1 aliphatic carbocycles. The van der Waals surface area contributed by atoms with Gasteiger partial charge in [0.25, 0.3) is 0 Å². The molecule has 0 aromatic heterocycles. The lowest BCUT2D eigenvalue weighted by molar-refractivity contribution is -0.123. The average molecular weight is 289 g/mol. The Morgan fingerprint density at radius 3 is 3.00 bits per heavy atom. The molecule has 1 aromatic carbocycles. The van der Waals surface area contributed by atoms with Gasteiger partial charge in [-0.25, -0.2) is 4.39 Å². The fourth-order valence-electron chi connectivity index (χ4n) is 2.01. The Morgan fingerprint density at radius 1 is 1.63 bits per heavy atom. The lowest BCUT2D eigenvalue weighted by atomic mass is 10.1. The fraction of sp³-hybridized carbons (Fsp3) is 0.462. The molecule has 0 spiro atoms. The van der Waals surface area contributed by atoms with Crippen molar-refractivity contribution < 1.29 is 13.9 Å². The second kappa shape index (κ2) is 6.84. The van der Waals surface area contributed by atoms with E-state index >= 15 is 0 Å². The zero-order valence-electron chi connectivity index (χ0n) is 10.6. The average Bonchev–Trinajstić information content (AvgIpc) is 3.08. The number of hydrogen-bond acceptors (Lipinski definition) is 3. The van der Waals surface area contributed by atoms with Gasteiger partial charge in [-0.1, -0.05) is 12.1 Å². The maximum atomic E-state index is 13.0. The second-order valence-electron chi connectivity index (χ2n) is 4.57. The van der Waals surface area contributed by atoms with Crippen molar-refractivity contribution in [2.75, 3.05) is 13.7 Å². The Balaban J connectivity index is 0.00000180. The van der Waals surface area contributed by atoms with E-state index in [4.69, 9.17) is 10.5 Å². The summed E-state index contributed by atoms with van der Waals surface area (Å²) in [4.78, 5) is 11.6. The third-order valence-corrected chi connectivity index (χ3v) is 3.08. The smallest absolute Gasteiger partial charge is 0.239 e. The van der Waals surface area contributed by atoms with Gasteiger partial charge in [0.05, 0.1) is 6.61 Å². The first-order valence-corrected chi connectivity index (χ1v) is 5.92. The molecule has 0 heterocycles. The highest BCUT2D eigenvalue weighted by molar-refractivity contribution is 5.85. The van der Waals surface area contributed by atoms with E-state index in [-0.39, 0.29) is 42.7 Å². The van der Waals surface area contributed by atoms with Gasteiger partial charge in [0, 0.05) is 19.1 Å². The van der Waals surface area contributed by atoms with Crippen LogP contribution in [0.4, 0.5) is 4.39 Å². The van der Waals surface area contributed by atoms with Crippen molar-refractivity contribution in [3.8, 4) is 0 Å². The summed E-state index contributed by atoms with van der Waals surface area (Å²) in [5.74, 6) is -0.277. The maximum absolute atomic E-state index is 13.0. The molecule has 4 nitrogen and oxygen atoms in total. The molecule has 2 rings (SSSR count). The molecule has 1 aromatic rings. The number of rotatable bonds is 5. The van der Waals surface area contributed by atoms with Crippen LogP contribution >= 0.6 is 12.4 Å². The number of nitrogens with two attached hydrogens (primary N) is 1. The topological polar surface area (TPSA) is 64.3 Å². The van der Waals surface area contributed by atoms with E-state index in [0.29, 0.717) is 0 Å². The van der Waals surface area contributed by atoms with Crippen LogP contribution in [0.5, 0.6) is 0 Å². The van der Waals surface area contributed by atoms with Gasteiger partial charge in [0.15, 0.2) is 0 Å². The number of halogens is 2. The molecule has 0 radical (unpaired) electrons. The molecule has 0 bridgehead atoms. The molecule has 0 saturated heterocycles. The van der Waals surface area contributed by atoms with Crippen molar-refractivity contribution in [1.82, 2.24) is 5.32 Å². The predicted octanol–water partition coefficient (Wildman–Crippen LogP) is 1.19. The van der Waals surface area contributed by atoms with Gasteiger partial charge in [0.1, 0.15) is 11.9 Å². The second-order valence-corrected chi connectivity index (χ2v) is 4.57. The van der Waals surface area contributed by atoms with Gasteiger partial charge in [-0.05, 0) is 24.1 Å². The molecule has 3 N–H and O–H groups in total. The van der Waals surface area contributed by atoms with Crippen molar-refractivity contribution in [3.63, 3.8) is 0 Å². The van der Waals surface area contributed by atoms with Crippen molar-refractivity contribution in [2.45, 2.75) is 24.4 Å². The summed E-state index contributed by atoms with van der Waals surface area (Å²) < 4.78 is 17.9. The number of nitrogens with one attached hydrogen (secondary N) is 1. The highest BCUT2D eigenvalue weighted by Crippen LogP contribution is 2.40. The number of amides is 1. The minimum Gasteiger partial charge on any atom is -0.383 e. The largest absolute Gasteiger partial charge is 0.383 e.